The maximum atomic E-state index is 11.5. The largest absolute Gasteiger partial charge is 0.480 e. The molecule has 0 aliphatic rings. The number of hydrogen-bond acceptors (Lipinski definition) is 4. The number of imidazole rings is 1. The summed E-state index contributed by atoms with van der Waals surface area (Å²) >= 11 is 0. The minimum Gasteiger partial charge on any atom is -0.480 e. The van der Waals surface area contributed by atoms with Crippen LogP contribution in [0.4, 0.5) is 0 Å². The first-order valence-electron chi connectivity index (χ1n) is 4.81. The Labute approximate surface area is 97.4 Å². The normalized spacial score (nSPS) is 11.8. The SMILES string of the molecule is O=C(O)CS(=O)(=O)Cc1cn2ccccc2n1. The van der Waals surface area contributed by atoms with Gasteiger partial charge in [-0.3, -0.25) is 4.79 Å². The Hall–Kier alpha value is -1.89. The van der Waals surface area contributed by atoms with E-state index in [4.69, 9.17) is 5.11 Å². The van der Waals surface area contributed by atoms with Gasteiger partial charge in [0.2, 0.25) is 0 Å². The number of aliphatic carboxylic acids is 1. The maximum Gasteiger partial charge on any atom is 0.318 e. The summed E-state index contributed by atoms with van der Waals surface area (Å²) in [6.45, 7) is 0. The van der Waals surface area contributed by atoms with E-state index in [1.54, 1.807) is 35.0 Å². The monoisotopic (exact) mass is 254 g/mol. The fourth-order valence-electron chi connectivity index (χ4n) is 1.52. The van der Waals surface area contributed by atoms with Crippen molar-refractivity contribution < 1.29 is 18.3 Å². The molecule has 0 radical (unpaired) electrons. The first-order valence-corrected chi connectivity index (χ1v) is 6.63. The van der Waals surface area contributed by atoms with Crippen molar-refractivity contribution in [3.8, 4) is 0 Å². The zero-order valence-electron chi connectivity index (χ0n) is 8.78. The second kappa shape index (κ2) is 4.17. The molecule has 0 aliphatic carbocycles. The summed E-state index contributed by atoms with van der Waals surface area (Å²) in [7, 11) is -3.66. The first kappa shape index (κ1) is 11.6. The zero-order valence-corrected chi connectivity index (χ0v) is 9.59. The molecule has 0 spiro atoms. The lowest BCUT2D eigenvalue weighted by atomic mass is 10.5. The quantitative estimate of drug-likeness (QED) is 0.849. The smallest absolute Gasteiger partial charge is 0.318 e. The molecule has 0 atom stereocenters. The van der Waals surface area contributed by atoms with Crippen LogP contribution >= 0.6 is 0 Å². The number of aromatic nitrogens is 2. The van der Waals surface area contributed by atoms with E-state index in [1.807, 2.05) is 0 Å². The summed E-state index contributed by atoms with van der Waals surface area (Å²) in [5, 5.41) is 8.46. The van der Waals surface area contributed by atoms with Crippen LogP contribution in [0.15, 0.2) is 30.6 Å². The van der Waals surface area contributed by atoms with E-state index in [0.29, 0.717) is 11.3 Å². The Morgan fingerprint density at radius 3 is 2.82 bits per heavy atom. The molecule has 2 rings (SSSR count). The van der Waals surface area contributed by atoms with Crippen molar-refractivity contribution in [1.29, 1.82) is 0 Å². The maximum absolute atomic E-state index is 11.5. The average Bonchev–Trinajstić information content (AvgIpc) is 2.55. The number of rotatable bonds is 4. The standard InChI is InChI=1S/C10H10N2O4S/c13-10(14)7-17(15,16)6-8-5-12-4-2-1-3-9(12)11-8/h1-5H,6-7H2,(H,13,14). The number of pyridine rings is 1. The third-order valence-electron chi connectivity index (χ3n) is 2.13. The van der Waals surface area contributed by atoms with Gasteiger partial charge in [0.1, 0.15) is 11.4 Å². The van der Waals surface area contributed by atoms with Gasteiger partial charge in [0.05, 0.1) is 11.4 Å². The van der Waals surface area contributed by atoms with Gasteiger partial charge in [-0.15, -0.1) is 0 Å². The van der Waals surface area contributed by atoms with Crippen LogP contribution in [0.25, 0.3) is 5.65 Å². The van der Waals surface area contributed by atoms with E-state index < -0.39 is 21.6 Å². The van der Waals surface area contributed by atoms with E-state index in [9.17, 15) is 13.2 Å². The van der Waals surface area contributed by atoms with Crippen molar-refractivity contribution in [3.63, 3.8) is 0 Å². The number of carboxylic acid groups (broad SMARTS) is 1. The van der Waals surface area contributed by atoms with Crippen molar-refractivity contribution in [3.05, 3.63) is 36.3 Å². The van der Waals surface area contributed by atoms with Gasteiger partial charge in [-0.1, -0.05) is 6.07 Å². The summed E-state index contributed by atoms with van der Waals surface area (Å²) in [5.74, 6) is -2.59. The molecule has 90 valence electrons. The number of carbonyl (C=O) groups is 1. The van der Waals surface area contributed by atoms with Crippen LogP contribution in [0.1, 0.15) is 5.69 Å². The first-order chi connectivity index (χ1) is 7.96. The lowest BCUT2D eigenvalue weighted by Gasteiger charge is -1.96. The molecule has 6 nitrogen and oxygen atoms in total. The van der Waals surface area contributed by atoms with Gasteiger partial charge in [0.15, 0.2) is 9.84 Å². The molecule has 2 heterocycles. The topological polar surface area (TPSA) is 88.7 Å². The highest BCUT2D eigenvalue weighted by atomic mass is 32.2. The lowest BCUT2D eigenvalue weighted by molar-refractivity contribution is -0.134. The average molecular weight is 254 g/mol. The van der Waals surface area contributed by atoms with Crippen LogP contribution < -0.4 is 0 Å². The van der Waals surface area contributed by atoms with Gasteiger partial charge in [0, 0.05) is 12.4 Å². The molecule has 1 N–H and O–H groups in total. The summed E-state index contributed by atoms with van der Waals surface area (Å²) < 4.78 is 24.6. The van der Waals surface area contributed by atoms with Crippen molar-refractivity contribution in [2.24, 2.45) is 0 Å². The molecular weight excluding hydrogens is 244 g/mol. The number of fused-ring (bicyclic) bond motifs is 1. The number of hydrogen-bond donors (Lipinski definition) is 1. The molecule has 0 aliphatic heterocycles. The molecule has 0 saturated heterocycles. The zero-order chi connectivity index (χ0) is 12.5. The van der Waals surface area contributed by atoms with Crippen molar-refractivity contribution in [2.45, 2.75) is 5.75 Å². The third kappa shape index (κ3) is 2.82. The number of carboxylic acids is 1. The van der Waals surface area contributed by atoms with Crippen molar-refractivity contribution >= 4 is 21.5 Å². The molecule has 0 aromatic carbocycles. The van der Waals surface area contributed by atoms with E-state index in [-0.39, 0.29) is 5.75 Å². The summed E-state index contributed by atoms with van der Waals surface area (Å²) in [4.78, 5) is 14.5. The Bertz CT molecular complexity index is 627. The minimum absolute atomic E-state index is 0.345. The van der Waals surface area contributed by atoms with Crippen LogP contribution in [0.3, 0.4) is 0 Å². The van der Waals surface area contributed by atoms with Gasteiger partial charge in [-0.05, 0) is 12.1 Å². The van der Waals surface area contributed by atoms with Gasteiger partial charge in [0.25, 0.3) is 0 Å². The molecule has 7 heteroatoms. The van der Waals surface area contributed by atoms with Gasteiger partial charge >= 0.3 is 5.97 Å². The van der Waals surface area contributed by atoms with E-state index in [1.165, 1.54) is 0 Å². The molecule has 0 saturated carbocycles. The van der Waals surface area contributed by atoms with Crippen molar-refractivity contribution in [1.82, 2.24) is 9.38 Å². The fourth-order valence-corrected chi connectivity index (χ4v) is 2.59. The molecule has 17 heavy (non-hydrogen) atoms. The molecular formula is C10H10N2O4S. The van der Waals surface area contributed by atoms with Gasteiger partial charge in [-0.25, -0.2) is 13.4 Å². The van der Waals surface area contributed by atoms with Crippen LogP contribution in [0.5, 0.6) is 0 Å². The van der Waals surface area contributed by atoms with Gasteiger partial charge in [-0.2, -0.15) is 0 Å². The Morgan fingerprint density at radius 2 is 2.18 bits per heavy atom. The van der Waals surface area contributed by atoms with Crippen LogP contribution in [0, 0.1) is 0 Å². The van der Waals surface area contributed by atoms with E-state index in [2.05, 4.69) is 4.98 Å². The Morgan fingerprint density at radius 1 is 1.41 bits per heavy atom. The fraction of sp³-hybridized carbons (Fsp3) is 0.200. The number of sulfone groups is 1. The molecule has 0 fully saturated rings. The lowest BCUT2D eigenvalue weighted by Crippen LogP contribution is -2.17. The van der Waals surface area contributed by atoms with Crippen LogP contribution in [0.2, 0.25) is 0 Å². The molecule has 2 aromatic rings. The highest BCUT2D eigenvalue weighted by Gasteiger charge is 2.18. The minimum atomic E-state index is -3.66. The predicted molar refractivity (Wildman–Crippen MR) is 60.3 cm³/mol. The number of nitrogens with zero attached hydrogens (tertiary/aromatic N) is 2. The second-order valence-corrected chi connectivity index (χ2v) is 5.69. The van der Waals surface area contributed by atoms with E-state index in [0.717, 1.165) is 0 Å². The summed E-state index contributed by atoms with van der Waals surface area (Å²) in [6.07, 6.45) is 3.32. The van der Waals surface area contributed by atoms with Crippen molar-refractivity contribution in [2.75, 3.05) is 5.75 Å². The van der Waals surface area contributed by atoms with Crippen LogP contribution in [-0.4, -0.2) is 34.6 Å². The molecule has 0 bridgehead atoms. The van der Waals surface area contributed by atoms with Crippen LogP contribution in [-0.2, 0) is 20.4 Å². The second-order valence-electron chi connectivity index (χ2n) is 3.62. The summed E-state index contributed by atoms with van der Waals surface area (Å²) in [6, 6.07) is 5.33. The third-order valence-corrected chi connectivity index (χ3v) is 3.55. The highest BCUT2D eigenvalue weighted by Crippen LogP contribution is 2.08. The Balaban J connectivity index is 2.27. The predicted octanol–water partition coefficient (Wildman–Crippen LogP) is 0.334. The summed E-state index contributed by atoms with van der Waals surface area (Å²) in [5.41, 5.74) is 0.977. The molecule has 2 aromatic heterocycles. The Kier molecular flexibility index (Phi) is 2.84. The van der Waals surface area contributed by atoms with E-state index >= 15 is 0 Å². The molecule has 0 unspecified atom stereocenters. The van der Waals surface area contributed by atoms with Gasteiger partial charge < -0.3 is 9.51 Å². The highest BCUT2D eigenvalue weighted by molar-refractivity contribution is 7.91. The molecule has 0 amide bonds.